The molecule has 23 heavy (non-hydrogen) atoms. The zero-order chi connectivity index (χ0) is 16.2. The van der Waals surface area contributed by atoms with Crippen LogP contribution in [-0.4, -0.2) is 27.2 Å². The molecule has 0 unspecified atom stereocenters. The highest BCUT2D eigenvalue weighted by Gasteiger charge is 2.08. The third-order valence-electron chi connectivity index (χ3n) is 3.70. The van der Waals surface area contributed by atoms with Gasteiger partial charge < -0.3 is 15.0 Å². The van der Waals surface area contributed by atoms with Gasteiger partial charge in [0, 0.05) is 30.0 Å². The number of pyridine rings is 2. The van der Waals surface area contributed by atoms with Crippen molar-refractivity contribution in [2.75, 3.05) is 6.61 Å². The van der Waals surface area contributed by atoms with Crippen LogP contribution in [-0.2, 0) is 0 Å². The molecule has 3 aromatic rings. The average Bonchev–Trinajstić information content (AvgIpc) is 2.97. The van der Waals surface area contributed by atoms with Crippen LogP contribution in [0.1, 0.15) is 20.3 Å². The molecule has 5 heteroatoms. The van der Waals surface area contributed by atoms with Crippen molar-refractivity contribution in [1.29, 1.82) is 0 Å². The maximum Gasteiger partial charge on any atom is 0.137 e. The van der Waals surface area contributed by atoms with Crippen molar-refractivity contribution in [3.05, 3.63) is 49.1 Å². The molecule has 0 aromatic carbocycles. The van der Waals surface area contributed by atoms with Crippen LogP contribution in [0.5, 0.6) is 5.75 Å². The van der Waals surface area contributed by atoms with Crippen molar-refractivity contribution in [2.24, 2.45) is 11.7 Å². The number of ether oxygens (including phenoxy) is 1. The topological polar surface area (TPSA) is 66.0 Å². The van der Waals surface area contributed by atoms with Gasteiger partial charge in [0.1, 0.15) is 18.2 Å². The molecule has 0 saturated heterocycles. The van der Waals surface area contributed by atoms with Crippen molar-refractivity contribution in [1.82, 2.24) is 14.5 Å². The number of aromatic nitrogens is 3. The second-order valence-electron chi connectivity index (χ2n) is 6.17. The van der Waals surface area contributed by atoms with Gasteiger partial charge in [0.2, 0.25) is 0 Å². The molecule has 0 fully saturated rings. The third kappa shape index (κ3) is 3.68. The normalized spacial score (nSPS) is 12.7. The van der Waals surface area contributed by atoms with E-state index in [1.54, 1.807) is 12.4 Å². The van der Waals surface area contributed by atoms with E-state index in [4.69, 9.17) is 10.5 Å². The molecule has 2 N–H and O–H groups in total. The van der Waals surface area contributed by atoms with Crippen LogP contribution < -0.4 is 10.5 Å². The quantitative estimate of drug-likeness (QED) is 0.759. The summed E-state index contributed by atoms with van der Waals surface area (Å²) in [5, 5.41) is 1.09. The lowest BCUT2D eigenvalue weighted by atomic mass is 10.1. The number of fused-ring (bicyclic) bond motifs is 1. The first-order valence-corrected chi connectivity index (χ1v) is 7.89. The maximum absolute atomic E-state index is 6.04. The summed E-state index contributed by atoms with van der Waals surface area (Å²) in [6.07, 6.45) is 8.32. The van der Waals surface area contributed by atoms with E-state index in [1.165, 1.54) is 0 Å². The van der Waals surface area contributed by atoms with Crippen molar-refractivity contribution in [2.45, 2.75) is 26.3 Å². The Balaban J connectivity index is 1.70. The molecule has 0 saturated carbocycles. The van der Waals surface area contributed by atoms with Crippen molar-refractivity contribution >= 4 is 10.9 Å². The Labute approximate surface area is 136 Å². The first kappa shape index (κ1) is 15.5. The molecule has 0 amide bonds. The summed E-state index contributed by atoms with van der Waals surface area (Å²) in [4.78, 5) is 8.62. The van der Waals surface area contributed by atoms with Crippen LogP contribution in [0.25, 0.3) is 16.7 Å². The van der Waals surface area contributed by atoms with E-state index >= 15 is 0 Å². The molecular formula is C18H22N4O. The number of rotatable bonds is 6. The number of nitrogens with two attached hydrogens (primary N) is 1. The molecule has 1 atom stereocenters. The van der Waals surface area contributed by atoms with Gasteiger partial charge in [0.25, 0.3) is 0 Å². The molecule has 0 aliphatic carbocycles. The van der Waals surface area contributed by atoms with Gasteiger partial charge in [0.15, 0.2) is 0 Å². The van der Waals surface area contributed by atoms with Crippen LogP contribution in [0.3, 0.4) is 0 Å². The van der Waals surface area contributed by atoms with Gasteiger partial charge in [-0.15, -0.1) is 0 Å². The Bertz CT molecular complexity index is 764. The first-order chi connectivity index (χ1) is 11.1. The molecule has 3 heterocycles. The first-order valence-electron chi connectivity index (χ1n) is 7.89. The zero-order valence-electron chi connectivity index (χ0n) is 13.5. The average molecular weight is 310 g/mol. The Hall–Kier alpha value is -2.40. The monoisotopic (exact) mass is 310 g/mol. The van der Waals surface area contributed by atoms with Crippen molar-refractivity contribution in [3.63, 3.8) is 0 Å². The number of nitrogens with zero attached hydrogens (tertiary/aromatic N) is 3. The SMILES string of the molecule is CC(C)C[C@H](N)COc1ccc(-n2ccc3cnccc32)nc1. The molecular weight excluding hydrogens is 288 g/mol. The minimum atomic E-state index is 0.0515. The predicted molar refractivity (Wildman–Crippen MR) is 91.8 cm³/mol. The van der Waals surface area contributed by atoms with Gasteiger partial charge >= 0.3 is 0 Å². The van der Waals surface area contributed by atoms with Crippen LogP contribution in [0, 0.1) is 5.92 Å². The minimum absolute atomic E-state index is 0.0515. The van der Waals surface area contributed by atoms with E-state index in [0.29, 0.717) is 12.5 Å². The fourth-order valence-corrected chi connectivity index (χ4v) is 2.66. The zero-order valence-corrected chi connectivity index (χ0v) is 13.5. The second kappa shape index (κ2) is 6.79. The summed E-state index contributed by atoms with van der Waals surface area (Å²) in [7, 11) is 0. The highest BCUT2D eigenvalue weighted by Crippen LogP contribution is 2.19. The summed E-state index contributed by atoms with van der Waals surface area (Å²) in [6, 6.07) is 7.93. The molecule has 0 radical (unpaired) electrons. The molecule has 5 nitrogen and oxygen atoms in total. The van der Waals surface area contributed by atoms with Crippen molar-refractivity contribution in [3.8, 4) is 11.6 Å². The van der Waals surface area contributed by atoms with Gasteiger partial charge in [-0.1, -0.05) is 13.8 Å². The maximum atomic E-state index is 6.04. The van der Waals surface area contributed by atoms with Gasteiger partial charge in [0.05, 0.1) is 11.7 Å². The fourth-order valence-electron chi connectivity index (χ4n) is 2.66. The van der Waals surface area contributed by atoms with Crippen molar-refractivity contribution < 1.29 is 4.74 Å². The summed E-state index contributed by atoms with van der Waals surface area (Å²) in [6.45, 7) is 4.83. The van der Waals surface area contributed by atoms with Crippen LogP contribution >= 0.6 is 0 Å². The Morgan fingerprint density at radius 3 is 2.78 bits per heavy atom. The van der Waals surface area contributed by atoms with E-state index in [-0.39, 0.29) is 6.04 Å². The van der Waals surface area contributed by atoms with E-state index < -0.39 is 0 Å². The highest BCUT2D eigenvalue weighted by molar-refractivity contribution is 5.80. The summed E-state index contributed by atoms with van der Waals surface area (Å²) in [5.74, 6) is 2.17. The molecule has 3 aromatic heterocycles. The number of hydrogen-bond acceptors (Lipinski definition) is 4. The van der Waals surface area contributed by atoms with Crippen LogP contribution in [0.15, 0.2) is 49.1 Å². The van der Waals surface area contributed by atoms with Gasteiger partial charge in [-0.2, -0.15) is 0 Å². The lowest BCUT2D eigenvalue weighted by Crippen LogP contribution is -2.29. The smallest absolute Gasteiger partial charge is 0.137 e. The Morgan fingerprint density at radius 1 is 1.17 bits per heavy atom. The largest absolute Gasteiger partial charge is 0.490 e. The van der Waals surface area contributed by atoms with E-state index in [9.17, 15) is 0 Å². The lowest BCUT2D eigenvalue weighted by Gasteiger charge is -2.15. The molecule has 0 aliphatic heterocycles. The summed E-state index contributed by atoms with van der Waals surface area (Å²) in [5.41, 5.74) is 7.12. The van der Waals surface area contributed by atoms with Crippen LogP contribution in [0.4, 0.5) is 0 Å². The minimum Gasteiger partial charge on any atom is -0.490 e. The summed E-state index contributed by atoms with van der Waals surface area (Å²) < 4.78 is 7.75. The molecule has 3 rings (SSSR count). The highest BCUT2D eigenvalue weighted by atomic mass is 16.5. The van der Waals surface area contributed by atoms with Crippen LogP contribution in [0.2, 0.25) is 0 Å². The van der Waals surface area contributed by atoms with Gasteiger partial charge in [-0.05, 0) is 36.6 Å². The van der Waals surface area contributed by atoms with E-state index in [0.717, 1.165) is 28.9 Å². The third-order valence-corrected chi connectivity index (χ3v) is 3.70. The predicted octanol–water partition coefficient (Wildman–Crippen LogP) is 3.17. The fraction of sp³-hybridized carbons (Fsp3) is 0.333. The molecule has 120 valence electrons. The van der Waals surface area contributed by atoms with Gasteiger partial charge in [-0.3, -0.25) is 4.98 Å². The molecule has 0 aliphatic rings. The number of hydrogen-bond donors (Lipinski definition) is 1. The Kier molecular flexibility index (Phi) is 4.57. The summed E-state index contributed by atoms with van der Waals surface area (Å²) >= 11 is 0. The molecule has 0 bridgehead atoms. The van der Waals surface area contributed by atoms with E-state index in [1.807, 2.05) is 41.2 Å². The van der Waals surface area contributed by atoms with E-state index in [2.05, 4.69) is 23.8 Å². The van der Waals surface area contributed by atoms with Gasteiger partial charge in [-0.25, -0.2) is 4.98 Å². The molecule has 0 spiro atoms. The lowest BCUT2D eigenvalue weighted by molar-refractivity contribution is 0.270. The second-order valence-corrected chi connectivity index (χ2v) is 6.17. The Morgan fingerprint density at radius 2 is 2.04 bits per heavy atom. The standard InChI is InChI=1S/C18H22N4O/c1-13(2)9-15(19)12-23-16-3-4-18(21-11-16)22-8-6-14-10-20-7-5-17(14)22/h3-8,10-11,13,15H,9,12,19H2,1-2H3/t15-/m0/s1.